The third-order valence-electron chi connectivity index (χ3n) is 5.83. The van der Waals surface area contributed by atoms with Gasteiger partial charge in [0.25, 0.3) is 0 Å². The van der Waals surface area contributed by atoms with Crippen molar-refractivity contribution in [3.8, 4) is 0 Å². The summed E-state index contributed by atoms with van der Waals surface area (Å²) in [7, 11) is -4.79. The van der Waals surface area contributed by atoms with Gasteiger partial charge in [-0.15, -0.1) is 0 Å². The van der Waals surface area contributed by atoms with Gasteiger partial charge in [0, 0.05) is 19.3 Å². The number of hydrogen-bond donors (Lipinski definition) is 2. The zero-order valence-electron chi connectivity index (χ0n) is 24.9. The van der Waals surface area contributed by atoms with Crippen molar-refractivity contribution >= 4 is 25.5 Å². The smallest absolute Gasteiger partial charge is 0.462 e. The highest BCUT2D eigenvalue weighted by Crippen LogP contribution is 2.35. The summed E-state index contributed by atoms with van der Waals surface area (Å²) in [6.07, 6.45) is 26.2. The predicted octanol–water partition coefficient (Wildman–Crippen LogP) is 7.24. The highest BCUT2D eigenvalue weighted by atomic mass is 31.2. The summed E-state index contributed by atoms with van der Waals surface area (Å²) in [4.78, 5) is 54.0. The van der Waals surface area contributed by atoms with E-state index in [-0.39, 0.29) is 31.5 Å². The second-order valence-electron chi connectivity index (χ2n) is 9.76. The largest absolute Gasteiger partial charge is 0.469 e. The molecule has 0 aliphatic rings. The number of rotatable bonds is 26. The number of allylic oxidation sites excluding steroid dienone is 8. The fourth-order valence-electron chi connectivity index (χ4n) is 3.56. The van der Waals surface area contributed by atoms with Gasteiger partial charge in [0.2, 0.25) is 0 Å². The summed E-state index contributed by atoms with van der Waals surface area (Å²) in [5, 5.41) is 0. The van der Waals surface area contributed by atoms with E-state index in [2.05, 4.69) is 42.7 Å². The molecule has 10 heteroatoms. The van der Waals surface area contributed by atoms with Crippen LogP contribution in [0.4, 0.5) is 0 Å². The monoisotopic (exact) mass is 598 g/mol. The first-order valence-electron chi connectivity index (χ1n) is 14.9. The molecule has 2 N–H and O–H groups in total. The van der Waals surface area contributed by atoms with Crippen molar-refractivity contribution < 1.29 is 42.7 Å². The Hall–Kier alpha value is -2.32. The maximum atomic E-state index is 12.1. The van der Waals surface area contributed by atoms with Crippen LogP contribution in [0.5, 0.6) is 0 Å². The highest BCUT2D eigenvalue weighted by molar-refractivity contribution is 7.46. The van der Waals surface area contributed by atoms with Crippen LogP contribution in [0.2, 0.25) is 0 Å². The van der Waals surface area contributed by atoms with Crippen molar-refractivity contribution in [3.63, 3.8) is 0 Å². The number of carbonyl (C=O) groups excluding carboxylic acids is 3. The zero-order valence-corrected chi connectivity index (χ0v) is 25.8. The van der Waals surface area contributed by atoms with Gasteiger partial charge in [0.05, 0.1) is 6.61 Å². The normalized spacial score (nSPS) is 13.1. The molecule has 1 atom stereocenters. The Kier molecular flexibility index (Phi) is 25.1. The van der Waals surface area contributed by atoms with E-state index >= 15 is 0 Å². The molecule has 234 valence electrons. The van der Waals surface area contributed by atoms with E-state index in [1.165, 1.54) is 25.3 Å². The van der Waals surface area contributed by atoms with Crippen LogP contribution < -0.4 is 0 Å². The van der Waals surface area contributed by atoms with Crippen molar-refractivity contribution in [1.82, 2.24) is 0 Å². The van der Waals surface area contributed by atoms with Gasteiger partial charge in [-0.2, -0.15) is 0 Å². The molecule has 0 saturated carbocycles. The molecule has 0 amide bonds. The lowest BCUT2D eigenvalue weighted by atomic mass is 10.1. The summed E-state index contributed by atoms with van der Waals surface area (Å²) >= 11 is 0. The lowest BCUT2D eigenvalue weighted by Gasteiger charge is -2.18. The Morgan fingerprint density at radius 2 is 1.34 bits per heavy atom. The maximum absolute atomic E-state index is 12.1. The van der Waals surface area contributed by atoms with E-state index in [4.69, 9.17) is 19.3 Å². The molecule has 0 aromatic carbocycles. The van der Waals surface area contributed by atoms with Gasteiger partial charge in [-0.05, 0) is 44.6 Å². The van der Waals surface area contributed by atoms with Gasteiger partial charge in [-0.3, -0.25) is 18.9 Å². The molecule has 0 spiro atoms. The summed E-state index contributed by atoms with van der Waals surface area (Å²) in [6, 6.07) is 0. The number of phosphoric ester groups is 1. The number of unbranched alkanes of at least 4 members (excludes halogenated alkanes) is 7. The van der Waals surface area contributed by atoms with Crippen molar-refractivity contribution in [2.75, 3.05) is 13.2 Å². The van der Waals surface area contributed by atoms with Crippen molar-refractivity contribution in [2.24, 2.45) is 0 Å². The summed E-state index contributed by atoms with van der Waals surface area (Å²) in [6.45, 7) is 3.28. The molecule has 9 nitrogen and oxygen atoms in total. The quantitative estimate of drug-likeness (QED) is 0.0264. The summed E-state index contributed by atoms with van der Waals surface area (Å²) in [5.74, 6) is -1.28. The van der Waals surface area contributed by atoms with Crippen LogP contribution in [0.3, 0.4) is 0 Å². The van der Waals surface area contributed by atoms with E-state index in [0.29, 0.717) is 6.42 Å². The molecule has 0 heterocycles. The standard InChI is InChI=1S/C31H51O9P/c1-3-5-7-9-10-11-12-13-14-15-16-18-19-22-28(32)23-21-25-30(33)38-26-29(27-39-41(35,36)37)40-31(34)24-20-17-8-6-4-2/h10-11,13-14,16,18-19,22,29H,3-9,12,15,17,20-21,23-27H2,1-2H3,(H2,35,36,37)/b11-10-,14-13-,18-16-,22-19+/t29-/m1/s1. The highest BCUT2D eigenvalue weighted by Gasteiger charge is 2.22. The fourth-order valence-corrected chi connectivity index (χ4v) is 3.92. The minimum Gasteiger partial charge on any atom is -0.462 e. The number of ether oxygens (including phenoxy) is 2. The third kappa shape index (κ3) is 29.0. The van der Waals surface area contributed by atoms with Crippen LogP contribution in [-0.4, -0.2) is 46.8 Å². The molecule has 0 fully saturated rings. The molecular formula is C31H51O9P. The Morgan fingerprint density at radius 3 is 2.05 bits per heavy atom. The van der Waals surface area contributed by atoms with Crippen LogP contribution in [0.25, 0.3) is 0 Å². The number of esters is 2. The predicted molar refractivity (Wildman–Crippen MR) is 161 cm³/mol. The lowest BCUT2D eigenvalue weighted by molar-refractivity contribution is -0.161. The number of carbonyl (C=O) groups is 3. The molecule has 0 radical (unpaired) electrons. The third-order valence-corrected chi connectivity index (χ3v) is 6.31. The minimum atomic E-state index is -4.79. The van der Waals surface area contributed by atoms with Gasteiger partial charge in [-0.1, -0.05) is 94.9 Å². The Bertz CT molecular complexity index is 871. The van der Waals surface area contributed by atoms with Crippen LogP contribution in [-0.2, 0) is 32.9 Å². The van der Waals surface area contributed by atoms with Crippen LogP contribution in [0.15, 0.2) is 48.6 Å². The van der Waals surface area contributed by atoms with Gasteiger partial charge >= 0.3 is 19.8 Å². The van der Waals surface area contributed by atoms with E-state index in [9.17, 15) is 18.9 Å². The molecule has 0 aliphatic heterocycles. The second-order valence-corrected chi connectivity index (χ2v) is 11.0. The van der Waals surface area contributed by atoms with Crippen molar-refractivity contribution in [1.29, 1.82) is 0 Å². The van der Waals surface area contributed by atoms with Gasteiger partial charge in [0.15, 0.2) is 11.9 Å². The van der Waals surface area contributed by atoms with E-state index in [1.54, 1.807) is 6.08 Å². The Morgan fingerprint density at radius 1 is 0.707 bits per heavy atom. The number of phosphoric acid groups is 1. The SMILES string of the molecule is CCCCC/C=C\C/C=C\C/C=C\C=C\C(=O)CCCC(=O)OC[C@H](COP(=O)(O)O)OC(=O)CCCCCCC. The van der Waals surface area contributed by atoms with Gasteiger partial charge < -0.3 is 19.3 Å². The van der Waals surface area contributed by atoms with E-state index < -0.39 is 39.1 Å². The first-order valence-corrected chi connectivity index (χ1v) is 16.4. The molecule has 0 aliphatic carbocycles. The Labute approximate surface area is 246 Å². The van der Waals surface area contributed by atoms with Crippen LogP contribution >= 0.6 is 7.82 Å². The average Bonchev–Trinajstić information content (AvgIpc) is 2.92. The van der Waals surface area contributed by atoms with Gasteiger partial charge in [0.1, 0.15) is 6.61 Å². The minimum absolute atomic E-state index is 0.0231. The van der Waals surface area contributed by atoms with E-state index in [0.717, 1.165) is 44.9 Å². The molecule has 41 heavy (non-hydrogen) atoms. The van der Waals surface area contributed by atoms with Gasteiger partial charge in [-0.25, -0.2) is 4.57 Å². The maximum Gasteiger partial charge on any atom is 0.469 e. The molecule has 0 unspecified atom stereocenters. The van der Waals surface area contributed by atoms with Crippen molar-refractivity contribution in [2.45, 2.75) is 116 Å². The second kappa shape index (κ2) is 26.6. The van der Waals surface area contributed by atoms with E-state index in [1.807, 2.05) is 12.2 Å². The molecule has 0 aromatic rings. The average molecular weight is 599 g/mol. The fraction of sp³-hybridized carbons (Fsp3) is 0.645. The topological polar surface area (TPSA) is 136 Å². The molecule has 0 bridgehead atoms. The molecule has 0 aromatic heterocycles. The number of ketones is 1. The number of hydrogen-bond acceptors (Lipinski definition) is 7. The summed E-state index contributed by atoms with van der Waals surface area (Å²) < 4.78 is 25.7. The molecule has 0 rings (SSSR count). The Balaban J connectivity index is 4.24. The van der Waals surface area contributed by atoms with Crippen LogP contribution in [0.1, 0.15) is 110 Å². The molecule has 0 saturated heterocycles. The first kappa shape index (κ1) is 38.7. The zero-order chi connectivity index (χ0) is 30.6. The first-order chi connectivity index (χ1) is 19.7. The summed E-state index contributed by atoms with van der Waals surface area (Å²) in [5.41, 5.74) is 0. The molecular weight excluding hydrogens is 547 g/mol. The lowest BCUT2D eigenvalue weighted by Crippen LogP contribution is -2.29. The van der Waals surface area contributed by atoms with Crippen LogP contribution in [0, 0.1) is 0 Å². The van der Waals surface area contributed by atoms with Crippen molar-refractivity contribution in [3.05, 3.63) is 48.6 Å².